The van der Waals surface area contributed by atoms with Crippen LogP contribution in [0.15, 0.2) is 24.3 Å². The quantitative estimate of drug-likeness (QED) is 0.855. The monoisotopic (exact) mass is 334 g/mol. The van der Waals surface area contributed by atoms with E-state index in [2.05, 4.69) is 34.5 Å². The van der Waals surface area contributed by atoms with Crippen molar-refractivity contribution < 1.29 is 9.53 Å². The van der Waals surface area contributed by atoms with Crippen LogP contribution in [0.3, 0.4) is 0 Å². The van der Waals surface area contributed by atoms with E-state index in [-0.39, 0.29) is 11.6 Å². The van der Waals surface area contributed by atoms with Crippen molar-refractivity contribution in [1.82, 2.24) is 10.2 Å². The smallest absolute Gasteiger partial charge is 0.303 e. The maximum atomic E-state index is 11.0. The summed E-state index contributed by atoms with van der Waals surface area (Å²) in [5, 5.41) is 3.30. The third-order valence-corrected chi connectivity index (χ3v) is 4.15. The van der Waals surface area contributed by atoms with Gasteiger partial charge in [-0.15, -0.1) is 0 Å². The van der Waals surface area contributed by atoms with Gasteiger partial charge in [0.05, 0.1) is 0 Å². The molecule has 2 fully saturated rings. The molecule has 2 aliphatic heterocycles. The first-order valence-electron chi connectivity index (χ1n) is 9.26. The number of likely N-dealkylation sites (tertiary alicyclic amines) is 1. The van der Waals surface area contributed by atoms with Crippen molar-refractivity contribution in [3.8, 4) is 0 Å². The van der Waals surface area contributed by atoms with Gasteiger partial charge < -0.3 is 10.1 Å². The summed E-state index contributed by atoms with van der Waals surface area (Å²) in [6, 6.07) is 8.92. The second-order valence-electron chi connectivity index (χ2n) is 6.29. The van der Waals surface area contributed by atoms with Crippen molar-refractivity contribution in [2.24, 2.45) is 0 Å². The Kier molecular flexibility index (Phi) is 8.43. The maximum Gasteiger partial charge on any atom is 0.303 e. The number of benzene rings is 1. The Morgan fingerprint density at radius 3 is 2.12 bits per heavy atom. The van der Waals surface area contributed by atoms with Crippen LogP contribution in [0.25, 0.3) is 0 Å². The lowest BCUT2D eigenvalue weighted by Gasteiger charge is -2.46. The molecule has 1 aromatic rings. The molecule has 24 heavy (non-hydrogen) atoms. The molecule has 4 nitrogen and oxygen atoms in total. The molecule has 2 heterocycles. The summed E-state index contributed by atoms with van der Waals surface area (Å²) in [5.74, 6) is 0.505. The van der Waals surface area contributed by atoms with E-state index >= 15 is 0 Å². The van der Waals surface area contributed by atoms with Crippen LogP contribution >= 0.6 is 0 Å². The van der Waals surface area contributed by atoms with Gasteiger partial charge in [0.15, 0.2) is 0 Å². The SMILES string of the molecule is CC.CC.CC(=O)OC1(C)CN(Cc2ccc(C3CNC3)cc2)C1. The molecular weight excluding hydrogens is 300 g/mol. The van der Waals surface area contributed by atoms with Crippen molar-refractivity contribution >= 4 is 5.97 Å². The third kappa shape index (κ3) is 5.60. The van der Waals surface area contributed by atoms with Crippen molar-refractivity contribution in [2.45, 2.75) is 59.6 Å². The van der Waals surface area contributed by atoms with Crippen molar-refractivity contribution in [1.29, 1.82) is 0 Å². The van der Waals surface area contributed by atoms with E-state index in [1.165, 1.54) is 18.1 Å². The van der Waals surface area contributed by atoms with Crippen LogP contribution in [0.2, 0.25) is 0 Å². The van der Waals surface area contributed by atoms with Gasteiger partial charge in [0.25, 0.3) is 0 Å². The van der Waals surface area contributed by atoms with Crippen LogP contribution in [-0.4, -0.2) is 42.6 Å². The normalized spacial score (nSPS) is 18.8. The van der Waals surface area contributed by atoms with Crippen LogP contribution in [0.1, 0.15) is 58.6 Å². The fraction of sp³-hybridized carbons (Fsp3) is 0.650. The summed E-state index contributed by atoms with van der Waals surface area (Å²) >= 11 is 0. The highest BCUT2D eigenvalue weighted by molar-refractivity contribution is 5.66. The van der Waals surface area contributed by atoms with E-state index < -0.39 is 0 Å². The molecule has 0 radical (unpaired) electrons. The summed E-state index contributed by atoms with van der Waals surface area (Å²) in [7, 11) is 0. The number of carbonyl (C=O) groups is 1. The number of nitrogens with one attached hydrogen (secondary N) is 1. The van der Waals surface area contributed by atoms with Gasteiger partial charge >= 0.3 is 5.97 Å². The Hall–Kier alpha value is -1.39. The number of nitrogens with zero attached hydrogens (tertiary/aromatic N) is 1. The number of hydrogen-bond acceptors (Lipinski definition) is 4. The fourth-order valence-corrected chi connectivity index (χ4v) is 3.10. The molecule has 2 saturated heterocycles. The molecule has 1 aromatic carbocycles. The Morgan fingerprint density at radius 2 is 1.71 bits per heavy atom. The van der Waals surface area contributed by atoms with Crippen molar-refractivity contribution in [3.63, 3.8) is 0 Å². The molecule has 0 aromatic heterocycles. The van der Waals surface area contributed by atoms with Gasteiger partial charge in [-0.2, -0.15) is 0 Å². The van der Waals surface area contributed by atoms with Crippen LogP contribution in [0, 0.1) is 0 Å². The van der Waals surface area contributed by atoms with Crippen LogP contribution in [0.4, 0.5) is 0 Å². The van der Waals surface area contributed by atoms with Gasteiger partial charge in [0.1, 0.15) is 5.60 Å². The lowest BCUT2D eigenvalue weighted by molar-refractivity contribution is -0.174. The number of hydrogen-bond donors (Lipinski definition) is 1. The van der Waals surface area contributed by atoms with Gasteiger partial charge in [-0.1, -0.05) is 52.0 Å². The zero-order valence-corrected chi connectivity index (χ0v) is 16.2. The minimum Gasteiger partial charge on any atom is -0.457 e. The maximum absolute atomic E-state index is 11.0. The van der Waals surface area contributed by atoms with Crippen molar-refractivity contribution in [2.75, 3.05) is 26.2 Å². The molecule has 0 bridgehead atoms. The number of carbonyl (C=O) groups excluding carboxylic acids is 1. The highest BCUT2D eigenvalue weighted by Gasteiger charge is 2.41. The van der Waals surface area contributed by atoms with E-state index in [4.69, 9.17) is 4.74 Å². The molecule has 0 amide bonds. The molecule has 4 heteroatoms. The van der Waals surface area contributed by atoms with E-state index in [9.17, 15) is 4.79 Å². The lowest BCUT2D eigenvalue weighted by Crippen LogP contribution is -2.61. The zero-order valence-electron chi connectivity index (χ0n) is 16.2. The zero-order chi connectivity index (χ0) is 18.2. The van der Waals surface area contributed by atoms with Crippen LogP contribution in [0.5, 0.6) is 0 Å². The molecule has 2 aliphatic rings. The second-order valence-corrected chi connectivity index (χ2v) is 6.29. The molecule has 0 spiro atoms. The highest BCUT2D eigenvalue weighted by atomic mass is 16.6. The largest absolute Gasteiger partial charge is 0.457 e. The molecule has 136 valence electrons. The highest BCUT2D eigenvalue weighted by Crippen LogP contribution is 2.27. The van der Waals surface area contributed by atoms with E-state index in [1.54, 1.807) is 0 Å². The van der Waals surface area contributed by atoms with E-state index in [0.29, 0.717) is 5.92 Å². The summed E-state index contributed by atoms with van der Waals surface area (Å²) < 4.78 is 5.33. The molecule has 1 N–H and O–H groups in total. The number of esters is 1. The summed E-state index contributed by atoms with van der Waals surface area (Å²) in [6.07, 6.45) is 0. The average molecular weight is 335 g/mol. The van der Waals surface area contributed by atoms with Gasteiger partial charge in [-0.25, -0.2) is 0 Å². The fourth-order valence-electron chi connectivity index (χ4n) is 3.10. The summed E-state index contributed by atoms with van der Waals surface area (Å²) in [5.41, 5.74) is 2.47. The second kappa shape index (κ2) is 9.80. The molecule has 0 atom stereocenters. The molecule has 0 saturated carbocycles. The Labute approximate surface area is 147 Å². The number of rotatable bonds is 4. The summed E-state index contributed by atoms with van der Waals surface area (Å²) in [4.78, 5) is 13.3. The Morgan fingerprint density at radius 1 is 1.17 bits per heavy atom. The predicted molar refractivity (Wildman–Crippen MR) is 100 cm³/mol. The van der Waals surface area contributed by atoms with Crippen LogP contribution in [-0.2, 0) is 16.1 Å². The molecular formula is C20H34N2O2. The van der Waals surface area contributed by atoms with E-state index in [1.807, 2.05) is 34.6 Å². The third-order valence-electron chi connectivity index (χ3n) is 4.15. The van der Waals surface area contributed by atoms with Gasteiger partial charge in [-0.3, -0.25) is 9.69 Å². The van der Waals surface area contributed by atoms with Gasteiger partial charge in [-0.05, 0) is 18.1 Å². The first-order chi connectivity index (χ1) is 11.5. The Balaban J connectivity index is 0.000000671. The average Bonchev–Trinajstić information content (AvgIpc) is 2.49. The molecule has 3 rings (SSSR count). The lowest BCUT2D eigenvalue weighted by atomic mass is 9.92. The van der Waals surface area contributed by atoms with Gasteiger partial charge in [0.2, 0.25) is 0 Å². The number of ether oxygens (including phenoxy) is 1. The predicted octanol–water partition coefficient (Wildman–Crippen LogP) is 3.56. The van der Waals surface area contributed by atoms with Crippen molar-refractivity contribution in [3.05, 3.63) is 35.4 Å². The first-order valence-corrected chi connectivity index (χ1v) is 9.26. The van der Waals surface area contributed by atoms with Gasteiger partial charge in [0, 0.05) is 45.6 Å². The molecule has 0 aliphatic carbocycles. The summed E-state index contributed by atoms with van der Waals surface area (Å²) in [6.45, 7) is 16.2. The minimum absolute atomic E-state index is 0.189. The topological polar surface area (TPSA) is 41.6 Å². The minimum atomic E-state index is -0.288. The van der Waals surface area contributed by atoms with E-state index in [0.717, 1.165) is 32.7 Å². The first kappa shape index (κ1) is 20.7. The van der Waals surface area contributed by atoms with Crippen LogP contribution < -0.4 is 5.32 Å². The molecule has 0 unspecified atom stereocenters. The Bertz CT molecular complexity index is 489. The standard InChI is InChI=1S/C16H22N2O2.2C2H6/c1-12(19)20-16(2)10-18(11-16)9-13-3-5-14(6-4-13)15-7-17-8-15;2*1-2/h3-6,15,17H,7-11H2,1-2H3;2*1-2H3.